The van der Waals surface area contributed by atoms with E-state index in [1.165, 1.54) is 0 Å². The topological polar surface area (TPSA) is 29.5 Å². The van der Waals surface area contributed by atoms with Crippen molar-refractivity contribution in [2.75, 3.05) is 13.7 Å². The first-order chi connectivity index (χ1) is 11.0. The number of methoxy groups -OCH3 is 1. The first-order valence-corrected chi connectivity index (χ1v) is 8.14. The molecular formula is C18H19Cl2NO2. The molecular weight excluding hydrogens is 333 g/mol. The van der Waals surface area contributed by atoms with Gasteiger partial charge in [-0.15, -0.1) is 0 Å². The molecule has 0 saturated carbocycles. The molecule has 122 valence electrons. The lowest BCUT2D eigenvalue weighted by Crippen LogP contribution is -2.31. The van der Waals surface area contributed by atoms with Crippen molar-refractivity contribution in [3.05, 3.63) is 63.6 Å². The molecule has 0 aliphatic heterocycles. The zero-order valence-corrected chi connectivity index (χ0v) is 14.7. The van der Waals surface area contributed by atoms with Gasteiger partial charge in [0, 0.05) is 23.1 Å². The van der Waals surface area contributed by atoms with E-state index < -0.39 is 0 Å². The van der Waals surface area contributed by atoms with Gasteiger partial charge in [-0.25, -0.2) is 0 Å². The summed E-state index contributed by atoms with van der Waals surface area (Å²) in [5.74, 6) is 0.796. The molecule has 2 aromatic carbocycles. The van der Waals surface area contributed by atoms with Gasteiger partial charge in [0.2, 0.25) is 5.91 Å². The highest BCUT2D eigenvalue weighted by atomic mass is 35.5. The van der Waals surface area contributed by atoms with Gasteiger partial charge >= 0.3 is 0 Å². The number of hydrogen-bond acceptors (Lipinski definition) is 2. The highest BCUT2D eigenvalue weighted by molar-refractivity contribution is 6.36. The highest BCUT2D eigenvalue weighted by Gasteiger charge is 2.16. The molecule has 2 rings (SSSR count). The summed E-state index contributed by atoms with van der Waals surface area (Å²) in [6.45, 7) is 3.12. The molecule has 23 heavy (non-hydrogen) atoms. The van der Waals surface area contributed by atoms with Crippen molar-refractivity contribution >= 4 is 29.1 Å². The second kappa shape index (κ2) is 8.23. The quantitative estimate of drug-likeness (QED) is 0.761. The maximum atomic E-state index is 12.6. The summed E-state index contributed by atoms with van der Waals surface area (Å²) in [6.07, 6.45) is 0.197. The number of likely N-dealkylation sites (N-methyl/N-ethyl adjacent to an activating group) is 1. The molecule has 0 unspecified atom stereocenters. The van der Waals surface area contributed by atoms with Crippen LogP contribution in [0.2, 0.25) is 10.0 Å². The van der Waals surface area contributed by atoms with E-state index in [0.717, 1.165) is 11.3 Å². The van der Waals surface area contributed by atoms with Crippen molar-refractivity contribution in [2.45, 2.75) is 19.9 Å². The summed E-state index contributed by atoms with van der Waals surface area (Å²) < 4.78 is 5.14. The molecule has 0 atom stereocenters. The maximum absolute atomic E-state index is 12.6. The Morgan fingerprint density at radius 1 is 1.09 bits per heavy atom. The second-order valence-electron chi connectivity index (χ2n) is 5.13. The van der Waals surface area contributed by atoms with Crippen molar-refractivity contribution in [2.24, 2.45) is 0 Å². The average Bonchev–Trinajstić information content (AvgIpc) is 2.56. The fraction of sp³-hybridized carbons (Fsp3) is 0.278. The smallest absolute Gasteiger partial charge is 0.227 e. The van der Waals surface area contributed by atoms with Crippen LogP contribution in [0.4, 0.5) is 0 Å². The van der Waals surface area contributed by atoms with Crippen molar-refractivity contribution < 1.29 is 9.53 Å². The Morgan fingerprint density at radius 2 is 1.70 bits per heavy atom. The third-order valence-electron chi connectivity index (χ3n) is 3.66. The van der Waals surface area contributed by atoms with Crippen LogP contribution < -0.4 is 4.74 Å². The number of carbonyl (C=O) groups is 1. The van der Waals surface area contributed by atoms with Gasteiger partial charge in [-0.05, 0) is 42.3 Å². The molecule has 1 amide bonds. The first-order valence-electron chi connectivity index (χ1n) is 7.38. The molecule has 0 aliphatic carbocycles. The lowest BCUT2D eigenvalue weighted by molar-refractivity contribution is -0.130. The van der Waals surface area contributed by atoms with E-state index in [-0.39, 0.29) is 12.3 Å². The summed E-state index contributed by atoms with van der Waals surface area (Å²) >= 11 is 12.3. The monoisotopic (exact) mass is 351 g/mol. The number of amides is 1. The van der Waals surface area contributed by atoms with Crippen LogP contribution in [0.5, 0.6) is 5.75 Å². The number of nitrogens with zero attached hydrogens (tertiary/aromatic N) is 1. The lowest BCUT2D eigenvalue weighted by atomic mass is 10.1. The molecule has 2 aromatic rings. The Hall–Kier alpha value is -1.71. The third kappa shape index (κ3) is 4.63. The van der Waals surface area contributed by atoms with Gasteiger partial charge in [0.25, 0.3) is 0 Å². The van der Waals surface area contributed by atoms with E-state index in [4.69, 9.17) is 27.9 Å². The van der Waals surface area contributed by atoms with Gasteiger partial charge in [0.15, 0.2) is 0 Å². The summed E-state index contributed by atoms with van der Waals surface area (Å²) in [7, 11) is 1.63. The summed E-state index contributed by atoms with van der Waals surface area (Å²) in [4.78, 5) is 14.3. The number of rotatable bonds is 6. The summed E-state index contributed by atoms with van der Waals surface area (Å²) in [5.41, 5.74) is 1.72. The van der Waals surface area contributed by atoms with Crippen LogP contribution in [0.3, 0.4) is 0 Å². The normalized spacial score (nSPS) is 10.4. The van der Waals surface area contributed by atoms with Gasteiger partial charge in [-0.2, -0.15) is 0 Å². The minimum atomic E-state index is -0.00156. The second-order valence-corrected chi connectivity index (χ2v) is 5.95. The fourth-order valence-electron chi connectivity index (χ4n) is 2.29. The summed E-state index contributed by atoms with van der Waals surface area (Å²) in [5, 5.41) is 1.04. The number of hydrogen-bond donors (Lipinski definition) is 0. The Kier molecular flexibility index (Phi) is 6.31. The molecule has 5 heteroatoms. The molecule has 0 spiro atoms. The Bertz CT molecular complexity index is 651. The highest BCUT2D eigenvalue weighted by Crippen LogP contribution is 2.25. The maximum Gasteiger partial charge on any atom is 0.227 e. The predicted molar refractivity (Wildman–Crippen MR) is 94.3 cm³/mol. The van der Waals surface area contributed by atoms with Gasteiger partial charge in [-0.3, -0.25) is 4.79 Å². The molecule has 0 fully saturated rings. The predicted octanol–water partition coefficient (Wildman–Crippen LogP) is 4.59. The zero-order valence-electron chi connectivity index (χ0n) is 13.2. The third-order valence-corrected chi connectivity index (χ3v) is 4.36. The van der Waals surface area contributed by atoms with E-state index in [1.54, 1.807) is 30.2 Å². The van der Waals surface area contributed by atoms with Gasteiger partial charge < -0.3 is 9.64 Å². The van der Waals surface area contributed by atoms with Crippen molar-refractivity contribution in [1.29, 1.82) is 0 Å². The molecule has 0 N–H and O–H groups in total. The minimum Gasteiger partial charge on any atom is -0.497 e. The first kappa shape index (κ1) is 17.6. The van der Waals surface area contributed by atoms with E-state index in [1.807, 2.05) is 31.2 Å². The molecule has 3 nitrogen and oxygen atoms in total. The Labute approximate surface area is 146 Å². The van der Waals surface area contributed by atoms with Gasteiger partial charge in [-0.1, -0.05) is 41.4 Å². The fourth-order valence-corrected chi connectivity index (χ4v) is 2.82. The standard InChI is InChI=1S/C18H19Cl2NO2/c1-3-21(12-13-7-9-14(23-2)10-8-13)18(22)11-15-16(19)5-4-6-17(15)20/h4-10H,3,11-12H2,1-2H3. The van der Waals surface area contributed by atoms with Crippen LogP contribution >= 0.6 is 23.2 Å². The number of benzene rings is 2. The lowest BCUT2D eigenvalue weighted by Gasteiger charge is -2.22. The van der Waals surface area contributed by atoms with Crippen LogP contribution in [-0.4, -0.2) is 24.5 Å². The van der Waals surface area contributed by atoms with E-state index in [2.05, 4.69) is 0 Å². The molecule has 0 heterocycles. The van der Waals surface area contributed by atoms with Crippen molar-refractivity contribution in [1.82, 2.24) is 4.90 Å². The van der Waals surface area contributed by atoms with Gasteiger partial charge in [0.05, 0.1) is 13.5 Å². The minimum absolute atomic E-state index is 0.00156. The number of halogens is 2. The SMILES string of the molecule is CCN(Cc1ccc(OC)cc1)C(=O)Cc1c(Cl)cccc1Cl. The van der Waals surface area contributed by atoms with Crippen LogP contribution in [0.15, 0.2) is 42.5 Å². The van der Waals surface area contributed by atoms with E-state index in [9.17, 15) is 4.79 Å². The average molecular weight is 352 g/mol. The van der Waals surface area contributed by atoms with Crippen LogP contribution in [0.1, 0.15) is 18.1 Å². The van der Waals surface area contributed by atoms with E-state index in [0.29, 0.717) is 28.7 Å². The molecule has 0 aliphatic rings. The molecule has 0 saturated heterocycles. The number of ether oxygens (including phenoxy) is 1. The molecule has 0 bridgehead atoms. The van der Waals surface area contributed by atoms with Crippen LogP contribution in [0, 0.1) is 0 Å². The Morgan fingerprint density at radius 3 is 2.22 bits per heavy atom. The zero-order chi connectivity index (χ0) is 16.8. The van der Waals surface area contributed by atoms with Crippen molar-refractivity contribution in [3.8, 4) is 5.75 Å². The van der Waals surface area contributed by atoms with Gasteiger partial charge in [0.1, 0.15) is 5.75 Å². The molecule has 0 aromatic heterocycles. The van der Waals surface area contributed by atoms with Crippen LogP contribution in [-0.2, 0) is 17.8 Å². The largest absolute Gasteiger partial charge is 0.497 e. The Balaban J connectivity index is 2.09. The summed E-state index contributed by atoms with van der Waals surface area (Å²) in [6, 6.07) is 12.9. The van der Waals surface area contributed by atoms with E-state index >= 15 is 0 Å². The number of carbonyl (C=O) groups excluding carboxylic acids is 1. The van der Waals surface area contributed by atoms with Crippen molar-refractivity contribution in [3.63, 3.8) is 0 Å². The van der Waals surface area contributed by atoms with Crippen LogP contribution in [0.25, 0.3) is 0 Å². The molecule has 0 radical (unpaired) electrons.